The molecule has 1 atom stereocenters. The highest BCUT2D eigenvalue weighted by molar-refractivity contribution is 5.13. The molecule has 0 fully saturated rings. The van der Waals surface area contributed by atoms with Gasteiger partial charge in [-0.25, -0.2) is 0 Å². The average molecular weight is 229 g/mol. The highest BCUT2D eigenvalue weighted by atomic mass is 16.5. The van der Waals surface area contributed by atoms with Crippen molar-refractivity contribution in [1.29, 1.82) is 0 Å². The molecule has 0 saturated carbocycles. The minimum atomic E-state index is -0.667. The Morgan fingerprint density at radius 3 is 2.53 bits per heavy atom. The van der Waals surface area contributed by atoms with Crippen LogP contribution in [0.5, 0.6) is 0 Å². The lowest BCUT2D eigenvalue weighted by Crippen LogP contribution is -2.08. The number of aliphatic hydroxyl groups is 1. The summed E-state index contributed by atoms with van der Waals surface area (Å²) in [6, 6.07) is 15.3. The van der Waals surface area contributed by atoms with Crippen LogP contribution in [-0.4, -0.2) is 16.7 Å². The Bertz CT molecular complexity index is 430. The van der Waals surface area contributed by atoms with Crippen LogP contribution in [0.4, 0.5) is 0 Å². The van der Waals surface area contributed by atoms with Crippen molar-refractivity contribution in [3.05, 3.63) is 66.0 Å². The predicted molar refractivity (Wildman–Crippen MR) is 65.3 cm³/mol. The molecule has 0 aliphatic heterocycles. The lowest BCUT2D eigenvalue weighted by molar-refractivity contribution is 0.0257. The monoisotopic (exact) mass is 229 g/mol. The van der Waals surface area contributed by atoms with Gasteiger partial charge in [-0.15, -0.1) is 0 Å². The Morgan fingerprint density at radius 1 is 1.06 bits per heavy atom. The van der Waals surface area contributed by atoms with Gasteiger partial charge in [0.05, 0.1) is 18.9 Å². The number of rotatable bonds is 5. The third-order valence-electron chi connectivity index (χ3n) is 2.42. The number of pyridine rings is 1. The Labute approximate surface area is 101 Å². The van der Waals surface area contributed by atoms with Gasteiger partial charge in [0.25, 0.3) is 0 Å². The molecular weight excluding hydrogens is 214 g/mol. The van der Waals surface area contributed by atoms with Gasteiger partial charge in [-0.2, -0.15) is 0 Å². The first-order chi connectivity index (χ1) is 8.36. The van der Waals surface area contributed by atoms with Crippen molar-refractivity contribution in [2.75, 3.05) is 6.61 Å². The molecule has 0 unspecified atom stereocenters. The second-order valence-corrected chi connectivity index (χ2v) is 3.77. The molecule has 88 valence electrons. The van der Waals surface area contributed by atoms with E-state index >= 15 is 0 Å². The number of benzene rings is 1. The molecule has 1 aromatic carbocycles. The minimum Gasteiger partial charge on any atom is -0.384 e. The van der Waals surface area contributed by atoms with Crippen molar-refractivity contribution in [2.24, 2.45) is 0 Å². The Kier molecular flexibility index (Phi) is 4.24. The first kappa shape index (κ1) is 11.8. The van der Waals surface area contributed by atoms with Gasteiger partial charge in [0, 0.05) is 6.20 Å². The van der Waals surface area contributed by atoms with Crippen LogP contribution in [-0.2, 0) is 11.3 Å². The fraction of sp³-hybridized carbons (Fsp3) is 0.214. The van der Waals surface area contributed by atoms with Gasteiger partial charge in [0.2, 0.25) is 0 Å². The molecule has 1 heterocycles. The summed E-state index contributed by atoms with van der Waals surface area (Å²) in [5, 5.41) is 9.81. The number of aliphatic hydroxyl groups excluding tert-OH is 1. The quantitative estimate of drug-likeness (QED) is 0.855. The smallest absolute Gasteiger partial charge is 0.119 e. The van der Waals surface area contributed by atoms with Crippen LogP contribution in [0.15, 0.2) is 54.7 Å². The fourth-order valence-electron chi connectivity index (χ4n) is 1.52. The van der Waals surface area contributed by atoms with E-state index in [4.69, 9.17) is 4.74 Å². The molecule has 0 saturated heterocycles. The minimum absolute atomic E-state index is 0.256. The van der Waals surface area contributed by atoms with Crippen LogP contribution in [0, 0.1) is 0 Å². The Balaban J connectivity index is 1.79. The van der Waals surface area contributed by atoms with E-state index in [0.29, 0.717) is 12.3 Å². The molecule has 0 radical (unpaired) electrons. The van der Waals surface area contributed by atoms with Crippen molar-refractivity contribution in [3.63, 3.8) is 0 Å². The largest absolute Gasteiger partial charge is 0.384 e. The van der Waals surface area contributed by atoms with Crippen molar-refractivity contribution >= 4 is 0 Å². The van der Waals surface area contributed by atoms with Crippen LogP contribution in [0.25, 0.3) is 0 Å². The first-order valence-electron chi connectivity index (χ1n) is 5.57. The highest BCUT2D eigenvalue weighted by Crippen LogP contribution is 2.10. The van der Waals surface area contributed by atoms with E-state index in [2.05, 4.69) is 4.98 Å². The summed E-state index contributed by atoms with van der Waals surface area (Å²) in [5.41, 5.74) is 1.74. The molecule has 2 rings (SSSR count). The summed E-state index contributed by atoms with van der Waals surface area (Å²) in [6.45, 7) is 0.761. The fourth-order valence-corrected chi connectivity index (χ4v) is 1.52. The maximum atomic E-state index is 9.81. The van der Waals surface area contributed by atoms with Crippen molar-refractivity contribution in [2.45, 2.75) is 12.7 Å². The lowest BCUT2D eigenvalue weighted by atomic mass is 10.2. The summed E-state index contributed by atoms with van der Waals surface area (Å²) < 4.78 is 5.45. The molecule has 1 N–H and O–H groups in total. The van der Waals surface area contributed by atoms with Crippen LogP contribution < -0.4 is 0 Å². The molecule has 3 heteroatoms. The summed E-state index contributed by atoms with van der Waals surface area (Å²) in [7, 11) is 0. The third kappa shape index (κ3) is 3.66. The van der Waals surface area contributed by atoms with Crippen molar-refractivity contribution in [3.8, 4) is 0 Å². The maximum Gasteiger partial charge on any atom is 0.119 e. The van der Waals surface area contributed by atoms with Crippen LogP contribution >= 0.6 is 0 Å². The first-order valence-corrected chi connectivity index (χ1v) is 5.57. The van der Waals surface area contributed by atoms with Crippen LogP contribution in [0.1, 0.15) is 17.4 Å². The summed E-state index contributed by atoms with van der Waals surface area (Å²) in [4.78, 5) is 4.07. The summed E-state index contributed by atoms with van der Waals surface area (Å²) in [6.07, 6.45) is 0.996. The van der Waals surface area contributed by atoms with Crippen molar-refractivity contribution < 1.29 is 9.84 Å². The topological polar surface area (TPSA) is 42.4 Å². The molecule has 1 aromatic heterocycles. The zero-order valence-corrected chi connectivity index (χ0v) is 9.49. The molecule has 0 spiro atoms. The van der Waals surface area contributed by atoms with Gasteiger partial charge in [0.15, 0.2) is 0 Å². The van der Waals surface area contributed by atoms with Crippen LogP contribution in [0.3, 0.4) is 0 Å². The molecule has 0 aliphatic rings. The predicted octanol–water partition coefficient (Wildman–Crippen LogP) is 2.33. The van der Waals surface area contributed by atoms with E-state index in [-0.39, 0.29) is 6.61 Å². The third-order valence-corrected chi connectivity index (χ3v) is 2.42. The van der Waals surface area contributed by atoms with E-state index < -0.39 is 6.10 Å². The molecule has 17 heavy (non-hydrogen) atoms. The molecule has 0 bridgehead atoms. The number of hydrogen-bond donors (Lipinski definition) is 1. The van der Waals surface area contributed by atoms with Gasteiger partial charge in [-0.3, -0.25) is 4.98 Å². The van der Waals surface area contributed by atoms with Gasteiger partial charge >= 0.3 is 0 Å². The van der Waals surface area contributed by atoms with Gasteiger partial charge in [-0.1, -0.05) is 36.4 Å². The second kappa shape index (κ2) is 6.13. The van der Waals surface area contributed by atoms with E-state index in [1.165, 1.54) is 0 Å². The standard InChI is InChI=1S/C14H15NO2/c16-14(13-8-4-5-9-15-13)11-17-10-12-6-2-1-3-7-12/h1-9,14,16H,10-11H2/t14-/m1/s1. The molecule has 2 aromatic rings. The number of ether oxygens (including phenoxy) is 1. The number of nitrogens with zero attached hydrogens (tertiary/aromatic N) is 1. The lowest BCUT2D eigenvalue weighted by Gasteiger charge is -2.10. The maximum absolute atomic E-state index is 9.81. The average Bonchev–Trinajstić information content (AvgIpc) is 2.41. The van der Waals surface area contributed by atoms with E-state index in [1.54, 1.807) is 12.3 Å². The zero-order chi connectivity index (χ0) is 11.9. The second-order valence-electron chi connectivity index (χ2n) is 3.77. The van der Waals surface area contributed by atoms with E-state index in [9.17, 15) is 5.11 Å². The summed E-state index contributed by atoms with van der Waals surface area (Å²) in [5.74, 6) is 0. The Morgan fingerprint density at radius 2 is 1.82 bits per heavy atom. The SMILES string of the molecule is O[C@H](COCc1ccccc1)c1ccccn1. The number of hydrogen-bond acceptors (Lipinski definition) is 3. The Hall–Kier alpha value is -1.71. The van der Waals surface area contributed by atoms with Gasteiger partial charge in [-0.05, 0) is 17.7 Å². The normalized spacial score (nSPS) is 12.3. The van der Waals surface area contributed by atoms with Gasteiger partial charge in [0.1, 0.15) is 6.10 Å². The van der Waals surface area contributed by atoms with E-state index in [0.717, 1.165) is 5.56 Å². The molecule has 3 nitrogen and oxygen atoms in total. The van der Waals surface area contributed by atoms with E-state index in [1.807, 2.05) is 42.5 Å². The summed E-state index contributed by atoms with van der Waals surface area (Å²) >= 11 is 0. The zero-order valence-electron chi connectivity index (χ0n) is 9.49. The van der Waals surface area contributed by atoms with Gasteiger partial charge < -0.3 is 9.84 Å². The number of aromatic nitrogens is 1. The van der Waals surface area contributed by atoms with Crippen LogP contribution in [0.2, 0.25) is 0 Å². The molecule has 0 aliphatic carbocycles. The van der Waals surface area contributed by atoms with Crippen molar-refractivity contribution in [1.82, 2.24) is 4.98 Å². The molecular formula is C14H15NO2. The molecule has 0 amide bonds. The highest BCUT2D eigenvalue weighted by Gasteiger charge is 2.07.